The van der Waals surface area contributed by atoms with E-state index in [-0.39, 0.29) is 0 Å². The molecule has 0 aliphatic heterocycles. The van der Waals surface area contributed by atoms with Gasteiger partial charge in [-0.3, -0.25) is 9.98 Å². The number of aliphatic imine (C=N–C) groups is 2. The minimum Gasteiger partial charge on any atom is -0.255 e. The summed E-state index contributed by atoms with van der Waals surface area (Å²) in [6.45, 7) is 16.0. The van der Waals surface area contributed by atoms with Gasteiger partial charge in [0.2, 0.25) is 0 Å². The molecule has 0 bridgehead atoms. The van der Waals surface area contributed by atoms with Crippen molar-refractivity contribution in [2.24, 2.45) is 9.98 Å². The quantitative estimate of drug-likeness (QED) is 0.0643. The van der Waals surface area contributed by atoms with E-state index >= 15 is 0 Å². The van der Waals surface area contributed by atoms with Crippen molar-refractivity contribution >= 4 is 23.3 Å². The monoisotopic (exact) mass is 657 g/mol. The Balaban J connectivity index is 2.24. The Hall–Kier alpha value is -2.22. The summed E-state index contributed by atoms with van der Waals surface area (Å²) in [5, 5.41) is 0. The van der Waals surface area contributed by atoms with Crippen molar-refractivity contribution in [1.29, 1.82) is 0 Å². The average molecular weight is 657 g/mol. The predicted octanol–water partition coefficient (Wildman–Crippen LogP) is 15.2. The Morgan fingerprint density at radius 2 is 0.854 bits per heavy atom. The molecule has 2 heteroatoms. The lowest BCUT2D eigenvalue weighted by atomic mass is 9.92. The average Bonchev–Trinajstić information content (AvgIpc) is 3.08. The summed E-state index contributed by atoms with van der Waals surface area (Å²) in [5.74, 6) is 0. The molecule has 0 spiro atoms. The van der Waals surface area contributed by atoms with Crippen LogP contribution in [-0.2, 0) is 25.7 Å². The van der Waals surface area contributed by atoms with E-state index in [4.69, 9.17) is 9.98 Å². The molecule has 0 saturated heterocycles. The molecule has 0 unspecified atom stereocenters. The second-order valence-corrected chi connectivity index (χ2v) is 14.7. The highest BCUT2D eigenvalue weighted by atomic mass is 14.8. The lowest BCUT2D eigenvalue weighted by molar-refractivity contribution is 0.598. The van der Waals surface area contributed by atoms with Crippen LogP contribution in [0.2, 0.25) is 0 Å². The number of hydrogen-bond donors (Lipinski definition) is 0. The Bertz CT molecular complexity index is 1190. The lowest BCUT2D eigenvalue weighted by Crippen LogP contribution is -2.01. The highest BCUT2D eigenvalue weighted by molar-refractivity contribution is 6.31. The van der Waals surface area contributed by atoms with Crippen molar-refractivity contribution in [1.82, 2.24) is 0 Å². The molecule has 0 N–H and O–H groups in total. The SMILES string of the molecule is CCCCCCCCc1cc(N=C(C=Nc2cc(C)c(CCCCCCCC)c(CCCC)c2)CC)cc(C)c1CCCCCCCC. The Kier molecular flexibility index (Phi) is 23.3. The van der Waals surface area contributed by atoms with Crippen molar-refractivity contribution < 1.29 is 0 Å². The van der Waals surface area contributed by atoms with Crippen LogP contribution in [0.4, 0.5) is 11.4 Å². The summed E-state index contributed by atoms with van der Waals surface area (Å²) in [4.78, 5) is 10.2. The van der Waals surface area contributed by atoms with Gasteiger partial charge < -0.3 is 0 Å². The Morgan fingerprint density at radius 1 is 0.458 bits per heavy atom. The minimum absolute atomic E-state index is 0.882. The van der Waals surface area contributed by atoms with Gasteiger partial charge in [-0.15, -0.1) is 0 Å². The van der Waals surface area contributed by atoms with Crippen LogP contribution >= 0.6 is 0 Å². The lowest BCUT2D eigenvalue weighted by Gasteiger charge is -2.15. The number of hydrogen-bond acceptors (Lipinski definition) is 2. The zero-order valence-electron chi connectivity index (χ0n) is 33.0. The van der Waals surface area contributed by atoms with Crippen LogP contribution in [0.5, 0.6) is 0 Å². The van der Waals surface area contributed by atoms with Crippen molar-refractivity contribution in [3.63, 3.8) is 0 Å². The summed E-state index contributed by atoms with van der Waals surface area (Å²) in [6.07, 6.45) is 34.4. The van der Waals surface area contributed by atoms with Crippen LogP contribution in [0.3, 0.4) is 0 Å². The largest absolute Gasteiger partial charge is 0.255 e. The maximum Gasteiger partial charge on any atom is 0.0639 e. The zero-order chi connectivity index (χ0) is 34.8. The molecular formula is C46H76N2. The van der Waals surface area contributed by atoms with Crippen molar-refractivity contribution in [3.8, 4) is 0 Å². The van der Waals surface area contributed by atoms with E-state index in [0.717, 1.165) is 29.9 Å². The van der Waals surface area contributed by atoms with Crippen LogP contribution < -0.4 is 0 Å². The standard InChI is InChI=1S/C46H76N2/c1-8-13-17-20-23-26-30-41-36-44(34-39(7)46(41)32-28-25-22-19-15-10-3)48-42(12-5)37-47-43-33-38(6)45(40(35-43)29-16-11-4)31-27-24-21-18-14-9-2/h33-37H,8-32H2,1-7H3. The van der Waals surface area contributed by atoms with Gasteiger partial charge in [0.25, 0.3) is 0 Å². The topological polar surface area (TPSA) is 24.7 Å². The van der Waals surface area contributed by atoms with Gasteiger partial charge in [-0.1, -0.05) is 137 Å². The van der Waals surface area contributed by atoms with Crippen LogP contribution in [0.15, 0.2) is 34.3 Å². The Morgan fingerprint density at radius 3 is 1.33 bits per heavy atom. The van der Waals surface area contributed by atoms with Crippen LogP contribution in [0, 0.1) is 13.8 Å². The third-order valence-electron chi connectivity index (χ3n) is 10.3. The molecule has 2 rings (SSSR count). The van der Waals surface area contributed by atoms with Gasteiger partial charge >= 0.3 is 0 Å². The van der Waals surface area contributed by atoms with E-state index in [9.17, 15) is 0 Å². The molecule has 0 radical (unpaired) electrons. The van der Waals surface area contributed by atoms with Gasteiger partial charge in [0.1, 0.15) is 0 Å². The molecule has 0 saturated carbocycles. The fourth-order valence-corrected chi connectivity index (χ4v) is 7.18. The van der Waals surface area contributed by atoms with Gasteiger partial charge in [-0.2, -0.15) is 0 Å². The molecule has 0 amide bonds. The number of aryl methyl sites for hydroxylation is 4. The first-order valence-corrected chi connectivity index (χ1v) is 20.8. The second kappa shape index (κ2) is 26.6. The number of benzene rings is 2. The number of rotatable bonds is 28. The zero-order valence-corrected chi connectivity index (χ0v) is 33.0. The highest BCUT2D eigenvalue weighted by Crippen LogP contribution is 2.29. The van der Waals surface area contributed by atoms with Crippen molar-refractivity contribution in [2.45, 2.75) is 209 Å². The third kappa shape index (κ3) is 16.9. The molecule has 0 atom stereocenters. The number of unbranched alkanes of at least 4 members (excludes halogenated alkanes) is 16. The minimum atomic E-state index is 0.882. The van der Waals surface area contributed by atoms with Crippen LogP contribution in [-0.4, -0.2) is 11.9 Å². The van der Waals surface area contributed by atoms with Gasteiger partial charge in [-0.25, -0.2) is 0 Å². The molecule has 0 heterocycles. The molecular weight excluding hydrogens is 581 g/mol. The predicted molar refractivity (Wildman–Crippen MR) is 218 cm³/mol. The smallest absolute Gasteiger partial charge is 0.0639 e. The van der Waals surface area contributed by atoms with E-state index < -0.39 is 0 Å². The third-order valence-corrected chi connectivity index (χ3v) is 10.3. The summed E-state index contributed by atoms with van der Waals surface area (Å²) < 4.78 is 0. The summed E-state index contributed by atoms with van der Waals surface area (Å²) in [5.41, 5.74) is 12.3. The van der Waals surface area contributed by atoms with Gasteiger partial charge in [0.15, 0.2) is 0 Å². The maximum atomic E-state index is 5.20. The first-order valence-electron chi connectivity index (χ1n) is 20.8. The fourth-order valence-electron chi connectivity index (χ4n) is 7.18. The second-order valence-electron chi connectivity index (χ2n) is 14.7. The molecule has 2 aromatic rings. The summed E-state index contributed by atoms with van der Waals surface area (Å²) in [6, 6.07) is 9.44. The van der Waals surface area contributed by atoms with Crippen LogP contribution in [0.25, 0.3) is 0 Å². The van der Waals surface area contributed by atoms with E-state index in [2.05, 4.69) is 72.7 Å². The van der Waals surface area contributed by atoms with E-state index in [1.165, 1.54) is 164 Å². The molecule has 0 fully saturated rings. The van der Waals surface area contributed by atoms with Crippen molar-refractivity contribution in [3.05, 3.63) is 57.6 Å². The molecule has 2 aromatic carbocycles. The molecule has 48 heavy (non-hydrogen) atoms. The first-order chi connectivity index (χ1) is 23.5. The molecule has 2 nitrogen and oxygen atoms in total. The van der Waals surface area contributed by atoms with Crippen molar-refractivity contribution in [2.75, 3.05) is 0 Å². The summed E-state index contributed by atoms with van der Waals surface area (Å²) in [7, 11) is 0. The molecule has 0 aromatic heterocycles. The molecule has 270 valence electrons. The fraction of sp³-hybridized carbons (Fsp3) is 0.696. The summed E-state index contributed by atoms with van der Waals surface area (Å²) >= 11 is 0. The van der Waals surface area contributed by atoms with Gasteiger partial charge in [-0.05, 0) is 129 Å². The van der Waals surface area contributed by atoms with Gasteiger partial charge in [0.05, 0.1) is 17.1 Å². The molecule has 0 aliphatic carbocycles. The van der Waals surface area contributed by atoms with E-state index in [1.54, 1.807) is 16.7 Å². The normalized spacial score (nSPS) is 12.1. The van der Waals surface area contributed by atoms with E-state index in [0.29, 0.717) is 0 Å². The Labute approximate surface area is 299 Å². The van der Waals surface area contributed by atoms with Gasteiger partial charge in [0, 0.05) is 6.21 Å². The molecule has 0 aliphatic rings. The highest BCUT2D eigenvalue weighted by Gasteiger charge is 2.11. The number of nitrogens with zero attached hydrogens (tertiary/aromatic N) is 2. The first kappa shape index (κ1) is 41.9. The maximum absolute atomic E-state index is 5.20. The van der Waals surface area contributed by atoms with E-state index in [1.807, 2.05) is 6.21 Å². The van der Waals surface area contributed by atoms with Crippen LogP contribution in [0.1, 0.15) is 203 Å².